The van der Waals surface area contributed by atoms with Crippen molar-refractivity contribution in [1.82, 2.24) is 15.0 Å². The predicted octanol–water partition coefficient (Wildman–Crippen LogP) is 5.28. The average Bonchev–Trinajstić information content (AvgIpc) is 2.96. The van der Waals surface area contributed by atoms with Crippen LogP contribution in [0.1, 0.15) is 17.1 Å². The van der Waals surface area contributed by atoms with E-state index in [1.807, 2.05) is 91.0 Å². The molecule has 0 aliphatic heterocycles. The van der Waals surface area contributed by atoms with Gasteiger partial charge in [-0.1, -0.05) is 36.4 Å². The van der Waals surface area contributed by atoms with E-state index in [2.05, 4.69) is 19.9 Å². The van der Waals surface area contributed by atoms with Crippen molar-refractivity contribution in [3.8, 4) is 0 Å². The highest BCUT2D eigenvalue weighted by Gasteiger charge is 2.16. The Morgan fingerprint density at radius 1 is 0.432 bits per heavy atom. The lowest BCUT2D eigenvalue weighted by atomic mass is 10.1. The smallest absolute Gasteiger partial charge is 0.0853 e. The van der Waals surface area contributed by atoms with Gasteiger partial charge in [0.15, 0.2) is 0 Å². The molecule has 3 N–H and O–H groups in total. The van der Waals surface area contributed by atoms with Gasteiger partial charge in [-0.2, -0.15) is 0 Å². The molecule has 0 saturated carbocycles. The predicted molar refractivity (Wildman–Crippen MR) is 145 cm³/mol. The lowest BCUT2D eigenvalue weighted by Crippen LogP contribution is -2.10. The summed E-state index contributed by atoms with van der Waals surface area (Å²) in [5, 5.41) is 31.7. The van der Waals surface area contributed by atoms with Crippen molar-refractivity contribution in [2.45, 2.75) is 19.8 Å². The number of hydrogen-bond donors (Lipinski definition) is 3. The van der Waals surface area contributed by atoms with Gasteiger partial charge < -0.3 is 20.2 Å². The Labute approximate surface area is 212 Å². The lowest BCUT2D eigenvalue weighted by Gasteiger charge is -2.26. The first kappa shape index (κ1) is 23.0. The molecule has 0 amide bonds. The van der Waals surface area contributed by atoms with E-state index < -0.39 is 0 Å². The van der Waals surface area contributed by atoms with E-state index in [0.717, 1.165) is 49.8 Å². The van der Waals surface area contributed by atoms with Crippen LogP contribution < -0.4 is 4.90 Å². The molecule has 0 radical (unpaired) electrons. The van der Waals surface area contributed by atoms with Gasteiger partial charge in [-0.25, -0.2) is 0 Å². The third kappa shape index (κ3) is 4.36. The Kier molecular flexibility index (Phi) is 5.94. The van der Waals surface area contributed by atoms with Crippen LogP contribution in [0.25, 0.3) is 32.7 Å². The molecular formula is C30H24N4O3. The van der Waals surface area contributed by atoms with Crippen LogP contribution in [-0.4, -0.2) is 30.3 Å². The third-order valence-electron chi connectivity index (χ3n) is 6.46. The van der Waals surface area contributed by atoms with Gasteiger partial charge in [0.25, 0.3) is 0 Å². The van der Waals surface area contributed by atoms with Crippen LogP contribution in [0.2, 0.25) is 0 Å². The molecule has 0 aliphatic rings. The third-order valence-corrected chi connectivity index (χ3v) is 6.46. The number of benzene rings is 3. The number of aliphatic hydroxyl groups is 3. The molecule has 0 aliphatic carbocycles. The Bertz CT molecular complexity index is 1560. The van der Waals surface area contributed by atoms with Crippen molar-refractivity contribution < 1.29 is 15.3 Å². The van der Waals surface area contributed by atoms with Crippen LogP contribution >= 0.6 is 0 Å². The first-order valence-electron chi connectivity index (χ1n) is 12.0. The SMILES string of the molecule is OCc1ccc2ccc(N(c3ccc4ccc(CO)nc4c3)c3ccc4ccc(CO)nc4c3)cc2n1. The topological polar surface area (TPSA) is 103 Å². The van der Waals surface area contributed by atoms with Gasteiger partial charge in [-0.15, -0.1) is 0 Å². The van der Waals surface area contributed by atoms with Gasteiger partial charge in [-0.3, -0.25) is 15.0 Å². The van der Waals surface area contributed by atoms with Crippen molar-refractivity contribution in [3.05, 3.63) is 108 Å². The van der Waals surface area contributed by atoms with Crippen molar-refractivity contribution in [3.63, 3.8) is 0 Å². The quantitative estimate of drug-likeness (QED) is 0.293. The Morgan fingerprint density at radius 3 is 1.03 bits per heavy atom. The second kappa shape index (κ2) is 9.55. The van der Waals surface area contributed by atoms with Crippen LogP contribution in [0.15, 0.2) is 91.0 Å². The fraction of sp³-hybridized carbons (Fsp3) is 0.100. The van der Waals surface area contributed by atoms with Crippen molar-refractivity contribution in [2.75, 3.05) is 4.90 Å². The van der Waals surface area contributed by atoms with Gasteiger partial charge in [-0.05, 0) is 54.6 Å². The Morgan fingerprint density at radius 2 is 0.730 bits per heavy atom. The number of hydrogen-bond acceptors (Lipinski definition) is 7. The molecular weight excluding hydrogens is 464 g/mol. The average molecular weight is 489 g/mol. The Hall–Kier alpha value is -4.43. The van der Waals surface area contributed by atoms with E-state index in [1.165, 1.54) is 0 Å². The minimum absolute atomic E-state index is 0.128. The summed E-state index contributed by atoms with van der Waals surface area (Å²) in [6.07, 6.45) is 0. The molecule has 3 heterocycles. The molecule has 7 nitrogen and oxygen atoms in total. The lowest BCUT2D eigenvalue weighted by molar-refractivity contribution is 0.277. The second-order valence-corrected chi connectivity index (χ2v) is 8.85. The molecule has 6 aromatic rings. The fourth-order valence-corrected chi connectivity index (χ4v) is 4.57. The summed E-state index contributed by atoms with van der Waals surface area (Å²) in [6.45, 7) is -0.384. The van der Waals surface area contributed by atoms with Crippen molar-refractivity contribution in [1.29, 1.82) is 0 Å². The van der Waals surface area contributed by atoms with Crippen molar-refractivity contribution in [2.24, 2.45) is 0 Å². The highest BCUT2D eigenvalue weighted by Crippen LogP contribution is 2.38. The fourth-order valence-electron chi connectivity index (χ4n) is 4.57. The van der Waals surface area contributed by atoms with Crippen molar-refractivity contribution >= 4 is 49.8 Å². The highest BCUT2D eigenvalue weighted by atomic mass is 16.3. The maximum Gasteiger partial charge on any atom is 0.0853 e. The van der Waals surface area contributed by atoms with Gasteiger partial charge >= 0.3 is 0 Å². The molecule has 0 unspecified atom stereocenters. The summed E-state index contributed by atoms with van der Waals surface area (Å²) in [5.74, 6) is 0. The number of anilines is 3. The largest absolute Gasteiger partial charge is 0.390 e. The number of aromatic nitrogens is 3. The van der Waals surface area contributed by atoms with E-state index in [0.29, 0.717) is 17.1 Å². The Balaban J connectivity index is 1.57. The number of pyridine rings is 3. The molecule has 0 saturated heterocycles. The van der Waals surface area contributed by atoms with Crippen LogP contribution in [0.3, 0.4) is 0 Å². The van der Waals surface area contributed by atoms with E-state index in [4.69, 9.17) is 0 Å². The summed E-state index contributed by atoms with van der Waals surface area (Å²) >= 11 is 0. The van der Waals surface area contributed by atoms with E-state index in [9.17, 15) is 15.3 Å². The van der Waals surface area contributed by atoms with Gasteiger partial charge in [0.1, 0.15) is 0 Å². The zero-order valence-corrected chi connectivity index (χ0v) is 19.9. The van der Waals surface area contributed by atoms with Crippen LogP contribution in [-0.2, 0) is 19.8 Å². The molecule has 182 valence electrons. The zero-order chi connectivity index (χ0) is 25.4. The number of fused-ring (bicyclic) bond motifs is 3. The van der Waals surface area contributed by atoms with Gasteiger partial charge in [0.2, 0.25) is 0 Å². The first-order valence-corrected chi connectivity index (χ1v) is 12.0. The number of nitrogens with zero attached hydrogens (tertiary/aromatic N) is 4. The summed E-state index contributed by atoms with van der Waals surface area (Å²) in [5.41, 5.74) is 6.78. The molecule has 0 fully saturated rings. The van der Waals surface area contributed by atoms with E-state index in [-0.39, 0.29) is 19.8 Å². The number of aliphatic hydroxyl groups excluding tert-OH is 3. The van der Waals surface area contributed by atoms with Crippen LogP contribution in [0, 0.1) is 0 Å². The molecule has 3 aromatic carbocycles. The summed E-state index contributed by atoms with van der Waals surface area (Å²) < 4.78 is 0. The number of rotatable bonds is 6. The first-order chi connectivity index (χ1) is 18.1. The maximum atomic E-state index is 9.60. The van der Waals surface area contributed by atoms with Gasteiger partial charge in [0, 0.05) is 33.2 Å². The summed E-state index contributed by atoms with van der Waals surface area (Å²) in [4.78, 5) is 15.9. The monoisotopic (exact) mass is 488 g/mol. The summed E-state index contributed by atoms with van der Waals surface area (Å²) in [7, 11) is 0. The molecule has 37 heavy (non-hydrogen) atoms. The van der Waals surface area contributed by atoms with Crippen LogP contribution in [0.4, 0.5) is 17.1 Å². The highest BCUT2D eigenvalue weighted by molar-refractivity contribution is 5.92. The van der Waals surface area contributed by atoms with Gasteiger partial charge in [0.05, 0.1) is 53.5 Å². The molecule has 0 atom stereocenters. The van der Waals surface area contributed by atoms with E-state index in [1.54, 1.807) is 0 Å². The molecule has 3 aromatic heterocycles. The normalized spacial score (nSPS) is 11.4. The zero-order valence-electron chi connectivity index (χ0n) is 19.9. The standard InChI is InChI=1S/C30H24N4O3/c35-16-22-7-1-19-4-10-25(13-28(19)31-22)34(26-11-5-20-2-8-23(17-36)32-29(20)14-26)27-12-6-21-3-9-24(18-37)33-30(21)15-27/h1-15,35-37H,16-18H2. The minimum Gasteiger partial charge on any atom is -0.390 e. The maximum absolute atomic E-state index is 9.60. The molecule has 0 spiro atoms. The minimum atomic E-state index is -0.128. The second-order valence-electron chi connectivity index (χ2n) is 8.85. The molecule has 6 rings (SSSR count). The molecule has 0 bridgehead atoms. The summed E-state index contributed by atoms with van der Waals surface area (Å²) in [6, 6.07) is 29.5. The van der Waals surface area contributed by atoms with Crippen LogP contribution in [0.5, 0.6) is 0 Å². The van der Waals surface area contributed by atoms with E-state index >= 15 is 0 Å². The molecule has 7 heteroatoms.